The first-order chi connectivity index (χ1) is 13.1. The van der Waals surface area contributed by atoms with Crippen LogP contribution in [0.5, 0.6) is 0 Å². The molecule has 3 heterocycles. The highest BCUT2D eigenvalue weighted by molar-refractivity contribution is 5.97. The van der Waals surface area contributed by atoms with Crippen LogP contribution >= 0.6 is 0 Å². The first-order valence-electron chi connectivity index (χ1n) is 9.73. The van der Waals surface area contributed by atoms with Gasteiger partial charge in [0.15, 0.2) is 0 Å². The normalized spacial score (nSPS) is 21.6. The molecule has 2 aliphatic rings. The Hall–Kier alpha value is -2.48. The van der Waals surface area contributed by atoms with Crippen molar-refractivity contribution in [1.82, 2.24) is 30.1 Å². The van der Waals surface area contributed by atoms with Crippen LogP contribution in [0.15, 0.2) is 18.2 Å². The lowest BCUT2D eigenvalue weighted by molar-refractivity contribution is -0.136. The third kappa shape index (κ3) is 3.80. The summed E-state index contributed by atoms with van der Waals surface area (Å²) in [6.45, 7) is 6.20. The molecule has 2 amide bonds. The van der Waals surface area contributed by atoms with E-state index in [1.165, 1.54) is 6.42 Å². The summed E-state index contributed by atoms with van der Waals surface area (Å²) in [4.78, 5) is 31.4. The number of hydrogen-bond acceptors (Lipinski definition) is 5. The number of piperidine rings is 1. The van der Waals surface area contributed by atoms with E-state index in [-0.39, 0.29) is 11.8 Å². The van der Waals surface area contributed by atoms with Crippen LogP contribution in [-0.4, -0.2) is 87.2 Å². The van der Waals surface area contributed by atoms with Gasteiger partial charge < -0.3 is 9.80 Å². The minimum atomic E-state index is 0.00975. The molecular formula is C19H26N6O2. The zero-order valence-electron chi connectivity index (χ0n) is 15.7. The monoisotopic (exact) mass is 370 g/mol. The number of carbonyl (C=O) groups excluding carboxylic acids is 2. The highest BCUT2D eigenvalue weighted by Crippen LogP contribution is 2.18. The number of aromatic nitrogens is 3. The number of piperazine rings is 1. The minimum absolute atomic E-state index is 0.00975. The molecule has 1 aromatic heterocycles. The van der Waals surface area contributed by atoms with Crippen molar-refractivity contribution in [2.24, 2.45) is 0 Å². The number of H-pyrrole nitrogens is 1. The summed E-state index contributed by atoms with van der Waals surface area (Å²) < 4.78 is 0. The van der Waals surface area contributed by atoms with Crippen molar-refractivity contribution in [2.45, 2.75) is 32.2 Å². The number of aromatic amines is 1. The molecule has 0 aliphatic carbocycles. The Balaban J connectivity index is 1.31. The van der Waals surface area contributed by atoms with E-state index in [1.54, 1.807) is 18.2 Å². The van der Waals surface area contributed by atoms with Crippen molar-refractivity contribution in [3.05, 3.63) is 23.8 Å². The van der Waals surface area contributed by atoms with Crippen LogP contribution in [0.1, 0.15) is 36.5 Å². The van der Waals surface area contributed by atoms with Gasteiger partial charge in [-0.3, -0.25) is 14.5 Å². The number of benzene rings is 1. The lowest BCUT2D eigenvalue weighted by Crippen LogP contribution is -2.53. The van der Waals surface area contributed by atoms with E-state index in [2.05, 4.69) is 27.2 Å². The van der Waals surface area contributed by atoms with E-state index < -0.39 is 0 Å². The van der Waals surface area contributed by atoms with Crippen LogP contribution < -0.4 is 0 Å². The van der Waals surface area contributed by atoms with E-state index in [9.17, 15) is 9.59 Å². The smallest absolute Gasteiger partial charge is 0.254 e. The van der Waals surface area contributed by atoms with Crippen LogP contribution in [0.3, 0.4) is 0 Å². The van der Waals surface area contributed by atoms with Gasteiger partial charge in [-0.05, 0) is 44.4 Å². The molecule has 27 heavy (non-hydrogen) atoms. The molecule has 2 aliphatic heterocycles. The molecule has 1 aromatic carbocycles. The molecule has 0 bridgehead atoms. The van der Waals surface area contributed by atoms with Crippen LogP contribution in [0.25, 0.3) is 11.0 Å². The van der Waals surface area contributed by atoms with Gasteiger partial charge in [0.25, 0.3) is 5.91 Å². The van der Waals surface area contributed by atoms with Gasteiger partial charge in [-0.2, -0.15) is 15.4 Å². The van der Waals surface area contributed by atoms with Gasteiger partial charge in [0.05, 0.1) is 6.54 Å². The Bertz CT molecular complexity index is 826. The molecule has 4 rings (SSSR count). The van der Waals surface area contributed by atoms with Crippen LogP contribution in [0.4, 0.5) is 0 Å². The van der Waals surface area contributed by atoms with Gasteiger partial charge in [-0.1, -0.05) is 0 Å². The number of carbonyl (C=O) groups is 2. The van der Waals surface area contributed by atoms with Crippen molar-refractivity contribution in [1.29, 1.82) is 0 Å². The number of amides is 2. The first kappa shape index (κ1) is 17.9. The van der Waals surface area contributed by atoms with Crippen molar-refractivity contribution in [3.8, 4) is 0 Å². The number of hydrogen-bond donors (Lipinski definition) is 1. The van der Waals surface area contributed by atoms with Crippen LogP contribution in [0.2, 0.25) is 0 Å². The molecule has 8 nitrogen and oxygen atoms in total. The van der Waals surface area contributed by atoms with Crippen molar-refractivity contribution < 1.29 is 9.59 Å². The second kappa shape index (κ2) is 7.64. The summed E-state index contributed by atoms with van der Waals surface area (Å²) in [6, 6.07) is 5.72. The molecule has 0 radical (unpaired) electrons. The zero-order chi connectivity index (χ0) is 18.8. The van der Waals surface area contributed by atoms with Crippen molar-refractivity contribution >= 4 is 22.8 Å². The zero-order valence-corrected chi connectivity index (χ0v) is 15.7. The molecule has 2 aromatic rings. The number of nitrogens with one attached hydrogen (secondary N) is 1. The van der Waals surface area contributed by atoms with E-state index in [0.717, 1.165) is 38.0 Å². The van der Waals surface area contributed by atoms with E-state index in [0.29, 0.717) is 36.8 Å². The van der Waals surface area contributed by atoms with Crippen molar-refractivity contribution in [2.75, 3.05) is 39.3 Å². The number of rotatable bonds is 3. The molecular weight excluding hydrogens is 344 g/mol. The van der Waals surface area contributed by atoms with Crippen LogP contribution in [-0.2, 0) is 4.79 Å². The first-order valence-corrected chi connectivity index (χ1v) is 9.73. The fourth-order valence-corrected chi connectivity index (χ4v) is 4.02. The summed E-state index contributed by atoms with van der Waals surface area (Å²) >= 11 is 0. The second-order valence-electron chi connectivity index (χ2n) is 7.53. The molecule has 2 saturated heterocycles. The predicted molar refractivity (Wildman–Crippen MR) is 101 cm³/mol. The highest BCUT2D eigenvalue weighted by atomic mass is 16.2. The quantitative estimate of drug-likeness (QED) is 0.875. The predicted octanol–water partition coefficient (Wildman–Crippen LogP) is 1.12. The minimum Gasteiger partial charge on any atom is -0.339 e. The summed E-state index contributed by atoms with van der Waals surface area (Å²) in [5.41, 5.74) is 2.07. The van der Waals surface area contributed by atoms with Crippen molar-refractivity contribution in [3.63, 3.8) is 0 Å². The Morgan fingerprint density at radius 2 is 1.85 bits per heavy atom. The molecule has 0 spiro atoms. The largest absolute Gasteiger partial charge is 0.339 e. The molecule has 8 heteroatoms. The summed E-state index contributed by atoms with van der Waals surface area (Å²) in [5, 5.41) is 10.6. The maximum absolute atomic E-state index is 12.8. The van der Waals surface area contributed by atoms with Crippen LogP contribution in [0, 0.1) is 0 Å². The van der Waals surface area contributed by atoms with Gasteiger partial charge in [0.2, 0.25) is 5.91 Å². The summed E-state index contributed by atoms with van der Waals surface area (Å²) in [6.07, 6.45) is 3.42. The van der Waals surface area contributed by atoms with E-state index in [4.69, 9.17) is 0 Å². The number of likely N-dealkylation sites (tertiary alicyclic amines) is 1. The summed E-state index contributed by atoms with van der Waals surface area (Å²) in [7, 11) is 0. The van der Waals surface area contributed by atoms with Gasteiger partial charge in [0, 0.05) is 44.3 Å². The Labute approximate surface area is 158 Å². The SMILES string of the molecule is CC1CCCCN1C(=O)CN1CCN(C(=O)c2ccc3n[nH]nc3c2)CC1. The number of nitrogens with zero attached hydrogens (tertiary/aromatic N) is 5. The fourth-order valence-electron chi connectivity index (χ4n) is 4.02. The Morgan fingerprint density at radius 1 is 1.07 bits per heavy atom. The molecule has 0 saturated carbocycles. The average Bonchev–Trinajstić information content (AvgIpc) is 3.16. The van der Waals surface area contributed by atoms with E-state index in [1.807, 2.05) is 9.80 Å². The van der Waals surface area contributed by atoms with Gasteiger partial charge in [-0.25, -0.2) is 0 Å². The fraction of sp³-hybridized carbons (Fsp3) is 0.579. The topological polar surface area (TPSA) is 85.4 Å². The molecule has 144 valence electrons. The lowest BCUT2D eigenvalue weighted by atomic mass is 10.0. The maximum atomic E-state index is 12.8. The average molecular weight is 370 g/mol. The third-order valence-electron chi connectivity index (χ3n) is 5.70. The summed E-state index contributed by atoms with van der Waals surface area (Å²) in [5.74, 6) is 0.231. The Morgan fingerprint density at radius 3 is 2.63 bits per heavy atom. The second-order valence-corrected chi connectivity index (χ2v) is 7.53. The standard InChI is InChI=1S/C19H26N6O2/c1-14-4-2-3-7-25(14)18(26)13-23-8-10-24(11-9-23)19(27)15-5-6-16-17(12-15)21-22-20-16/h5-6,12,14H,2-4,7-11,13H2,1H3,(H,20,21,22). The maximum Gasteiger partial charge on any atom is 0.254 e. The molecule has 1 N–H and O–H groups in total. The van der Waals surface area contributed by atoms with Gasteiger partial charge >= 0.3 is 0 Å². The molecule has 1 unspecified atom stereocenters. The molecule has 2 fully saturated rings. The highest BCUT2D eigenvalue weighted by Gasteiger charge is 2.27. The molecule has 1 atom stereocenters. The van der Waals surface area contributed by atoms with Gasteiger partial charge in [-0.15, -0.1) is 0 Å². The number of fused-ring (bicyclic) bond motifs is 1. The van der Waals surface area contributed by atoms with Gasteiger partial charge in [0.1, 0.15) is 11.0 Å². The van der Waals surface area contributed by atoms with E-state index >= 15 is 0 Å². The third-order valence-corrected chi connectivity index (χ3v) is 5.70. The Kier molecular flexibility index (Phi) is 5.07. The lowest BCUT2D eigenvalue weighted by Gasteiger charge is -2.38.